The Morgan fingerprint density at radius 1 is 1.15 bits per heavy atom. The van der Waals surface area contributed by atoms with Crippen molar-refractivity contribution in [2.75, 3.05) is 33.4 Å². The average Bonchev–Trinajstić information content (AvgIpc) is 2.81. The van der Waals surface area contributed by atoms with E-state index < -0.39 is 0 Å². The smallest absolute Gasteiger partial charge is 0.407 e. The molecule has 2 aromatic rings. The number of carbonyl (C=O) groups is 1. The Morgan fingerprint density at radius 2 is 1.94 bits per heavy atom. The average molecular weight is 451 g/mol. The molecule has 4 aliphatic heterocycles. The zero-order valence-corrected chi connectivity index (χ0v) is 20.0. The standard InChI is InChI=1S/C27H34N2O4/c1-17-13-20(31-4)6-8-21(17)19-5-7-22-23(14-19)32-16-27(2,3)25(22)28-26(30)33-24-15-29-11-9-18(24)10-12-29/h5-8,13-14,18,24-25H,9-12,15-16H2,1-4H3,(H,28,30)/t24-,25?/m1/s1. The van der Waals surface area contributed by atoms with E-state index in [1.165, 1.54) is 0 Å². The van der Waals surface area contributed by atoms with Gasteiger partial charge in [0.15, 0.2) is 0 Å². The molecule has 6 heteroatoms. The first-order chi connectivity index (χ1) is 15.8. The van der Waals surface area contributed by atoms with Crippen molar-refractivity contribution < 1.29 is 19.0 Å². The van der Waals surface area contributed by atoms with E-state index in [-0.39, 0.29) is 23.7 Å². The summed E-state index contributed by atoms with van der Waals surface area (Å²) in [6.07, 6.45) is 1.92. The summed E-state index contributed by atoms with van der Waals surface area (Å²) in [5.74, 6) is 2.15. The van der Waals surface area contributed by atoms with Crippen molar-refractivity contribution in [2.24, 2.45) is 11.3 Å². The minimum absolute atomic E-state index is 0.00431. The number of alkyl carbamates (subject to hydrolysis) is 1. The number of piperidine rings is 3. The van der Waals surface area contributed by atoms with Gasteiger partial charge in [-0.15, -0.1) is 0 Å². The van der Waals surface area contributed by atoms with Gasteiger partial charge in [0.05, 0.1) is 19.8 Å². The second kappa shape index (κ2) is 8.56. The molecular weight excluding hydrogens is 416 g/mol. The van der Waals surface area contributed by atoms with Crippen LogP contribution >= 0.6 is 0 Å². The third kappa shape index (κ3) is 4.29. The van der Waals surface area contributed by atoms with Crippen LogP contribution in [0.25, 0.3) is 11.1 Å². The van der Waals surface area contributed by atoms with Gasteiger partial charge in [-0.1, -0.05) is 32.0 Å². The quantitative estimate of drug-likeness (QED) is 0.714. The minimum atomic E-state index is -0.324. The maximum absolute atomic E-state index is 12.9. The Labute approximate surface area is 196 Å². The molecule has 6 rings (SSSR count). The summed E-state index contributed by atoms with van der Waals surface area (Å²) in [5, 5.41) is 3.18. The molecule has 0 radical (unpaired) electrons. The van der Waals surface area contributed by atoms with E-state index in [1.54, 1.807) is 7.11 Å². The highest BCUT2D eigenvalue weighted by Crippen LogP contribution is 2.44. The lowest BCUT2D eigenvalue weighted by molar-refractivity contribution is -0.0361. The predicted molar refractivity (Wildman–Crippen MR) is 128 cm³/mol. The molecule has 6 nitrogen and oxygen atoms in total. The van der Waals surface area contributed by atoms with Gasteiger partial charge >= 0.3 is 6.09 Å². The summed E-state index contributed by atoms with van der Waals surface area (Å²) < 4.78 is 17.4. The number of hydrogen-bond donors (Lipinski definition) is 1. The number of benzene rings is 2. The first-order valence-corrected chi connectivity index (χ1v) is 12.0. The lowest BCUT2D eigenvalue weighted by Gasteiger charge is -2.44. The molecule has 0 aromatic heterocycles. The highest BCUT2D eigenvalue weighted by Gasteiger charge is 2.41. The minimum Gasteiger partial charge on any atom is -0.497 e. The van der Waals surface area contributed by atoms with Crippen LogP contribution in [0.4, 0.5) is 4.79 Å². The zero-order valence-electron chi connectivity index (χ0n) is 20.0. The van der Waals surface area contributed by atoms with Crippen LogP contribution < -0.4 is 14.8 Å². The molecule has 2 aromatic carbocycles. The van der Waals surface area contributed by atoms with Crippen molar-refractivity contribution in [3.63, 3.8) is 0 Å². The summed E-state index contributed by atoms with van der Waals surface area (Å²) >= 11 is 0. The number of nitrogens with one attached hydrogen (secondary N) is 1. The molecule has 1 unspecified atom stereocenters. The molecule has 0 aliphatic carbocycles. The summed E-state index contributed by atoms with van der Waals surface area (Å²) in [5.41, 5.74) is 4.10. The lowest BCUT2D eigenvalue weighted by atomic mass is 9.78. The van der Waals surface area contributed by atoms with Gasteiger partial charge in [-0.25, -0.2) is 4.79 Å². The second-order valence-electron chi connectivity index (χ2n) is 10.4. The fourth-order valence-corrected chi connectivity index (χ4v) is 5.53. The van der Waals surface area contributed by atoms with E-state index in [4.69, 9.17) is 14.2 Å². The van der Waals surface area contributed by atoms with Gasteiger partial charge in [0.25, 0.3) is 0 Å². The lowest BCUT2D eigenvalue weighted by Crippen LogP contribution is -2.53. The number of ether oxygens (including phenoxy) is 3. The molecule has 4 aliphatic rings. The van der Waals surface area contributed by atoms with Crippen LogP contribution in [0.1, 0.15) is 43.9 Å². The Morgan fingerprint density at radius 3 is 2.61 bits per heavy atom. The molecule has 2 atom stereocenters. The van der Waals surface area contributed by atoms with Crippen LogP contribution in [0, 0.1) is 18.3 Å². The topological polar surface area (TPSA) is 60.0 Å². The van der Waals surface area contributed by atoms with Crippen LogP contribution in [0.3, 0.4) is 0 Å². The molecule has 4 heterocycles. The van der Waals surface area contributed by atoms with Crippen LogP contribution in [0.15, 0.2) is 36.4 Å². The van der Waals surface area contributed by atoms with Gasteiger partial charge in [-0.2, -0.15) is 0 Å². The van der Waals surface area contributed by atoms with E-state index in [9.17, 15) is 4.79 Å². The Hall–Kier alpha value is -2.73. The first-order valence-electron chi connectivity index (χ1n) is 12.0. The highest BCUT2D eigenvalue weighted by atomic mass is 16.6. The number of carbonyl (C=O) groups excluding carboxylic acids is 1. The number of aryl methyl sites for hydroxylation is 1. The first kappa shape index (κ1) is 22.1. The van der Waals surface area contributed by atoms with Crippen LogP contribution in [0.2, 0.25) is 0 Å². The molecular formula is C27H34N2O4. The van der Waals surface area contributed by atoms with Crippen LogP contribution in [-0.2, 0) is 4.74 Å². The molecule has 0 saturated carbocycles. The van der Waals surface area contributed by atoms with Crippen molar-refractivity contribution in [1.29, 1.82) is 0 Å². The van der Waals surface area contributed by atoms with E-state index in [0.717, 1.165) is 66.2 Å². The molecule has 0 spiro atoms. The van der Waals surface area contributed by atoms with Gasteiger partial charge in [0.1, 0.15) is 17.6 Å². The van der Waals surface area contributed by atoms with Gasteiger partial charge in [0, 0.05) is 17.5 Å². The number of fused-ring (bicyclic) bond motifs is 4. The number of hydrogen-bond acceptors (Lipinski definition) is 5. The van der Waals surface area contributed by atoms with Gasteiger partial charge in [-0.3, -0.25) is 4.90 Å². The number of rotatable bonds is 4. The maximum atomic E-state index is 12.9. The van der Waals surface area contributed by atoms with Crippen LogP contribution in [-0.4, -0.2) is 50.4 Å². The molecule has 176 valence electrons. The molecule has 2 bridgehead atoms. The summed E-state index contributed by atoms with van der Waals surface area (Å²) in [7, 11) is 1.68. The van der Waals surface area contributed by atoms with E-state index >= 15 is 0 Å². The SMILES string of the molecule is COc1ccc(-c2ccc3c(c2)OCC(C)(C)C3NC(=O)O[C@@H]2CN3CCC2CC3)c(C)c1. The molecule has 1 amide bonds. The zero-order chi connectivity index (χ0) is 23.2. The molecule has 33 heavy (non-hydrogen) atoms. The Kier molecular flexibility index (Phi) is 5.73. The fourth-order valence-electron chi connectivity index (χ4n) is 5.53. The van der Waals surface area contributed by atoms with Gasteiger partial charge in [0.2, 0.25) is 0 Å². The maximum Gasteiger partial charge on any atom is 0.407 e. The van der Waals surface area contributed by atoms with Crippen molar-refractivity contribution in [3.8, 4) is 22.6 Å². The fraction of sp³-hybridized carbons (Fsp3) is 0.519. The third-order valence-electron chi connectivity index (χ3n) is 7.57. The van der Waals surface area contributed by atoms with Crippen molar-refractivity contribution in [1.82, 2.24) is 10.2 Å². The summed E-state index contributed by atoms with van der Waals surface area (Å²) in [6, 6.07) is 12.2. The normalized spacial score (nSPS) is 27.3. The van der Waals surface area contributed by atoms with Crippen molar-refractivity contribution in [2.45, 2.75) is 45.8 Å². The largest absolute Gasteiger partial charge is 0.497 e. The van der Waals surface area contributed by atoms with E-state index in [2.05, 4.69) is 55.3 Å². The van der Waals surface area contributed by atoms with Gasteiger partial charge < -0.3 is 19.5 Å². The monoisotopic (exact) mass is 450 g/mol. The second-order valence-corrected chi connectivity index (χ2v) is 10.4. The van der Waals surface area contributed by atoms with Crippen molar-refractivity contribution in [3.05, 3.63) is 47.5 Å². The highest BCUT2D eigenvalue weighted by molar-refractivity contribution is 5.72. The summed E-state index contributed by atoms with van der Waals surface area (Å²) in [6.45, 7) is 9.96. The number of nitrogens with zero attached hydrogens (tertiary/aromatic N) is 1. The molecule has 3 saturated heterocycles. The summed E-state index contributed by atoms with van der Waals surface area (Å²) in [4.78, 5) is 15.3. The third-order valence-corrected chi connectivity index (χ3v) is 7.57. The molecule has 1 N–H and O–H groups in total. The number of amides is 1. The van der Waals surface area contributed by atoms with Crippen LogP contribution in [0.5, 0.6) is 11.5 Å². The Bertz CT molecular complexity index is 1040. The Balaban J connectivity index is 1.36. The van der Waals surface area contributed by atoms with E-state index in [0.29, 0.717) is 12.5 Å². The van der Waals surface area contributed by atoms with Crippen molar-refractivity contribution >= 4 is 6.09 Å². The molecule has 3 fully saturated rings. The van der Waals surface area contributed by atoms with Gasteiger partial charge in [-0.05, 0) is 73.7 Å². The predicted octanol–water partition coefficient (Wildman–Crippen LogP) is 4.95. The van der Waals surface area contributed by atoms with E-state index in [1.807, 2.05) is 12.1 Å². The number of methoxy groups -OCH3 is 1.